The Hall–Kier alpha value is -1.74. The van der Waals surface area contributed by atoms with Gasteiger partial charge in [-0.1, -0.05) is 17.7 Å². The second-order valence-electron chi connectivity index (χ2n) is 6.15. The van der Waals surface area contributed by atoms with Gasteiger partial charge in [0.05, 0.1) is 5.02 Å². The van der Waals surface area contributed by atoms with E-state index >= 15 is 0 Å². The summed E-state index contributed by atoms with van der Waals surface area (Å²) in [7, 11) is 0. The summed E-state index contributed by atoms with van der Waals surface area (Å²) >= 11 is 5.93. The van der Waals surface area contributed by atoms with Crippen molar-refractivity contribution >= 4 is 23.1 Å². The summed E-state index contributed by atoms with van der Waals surface area (Å²) in [5.41, 5.74) is 4.31. The van der Waals surface area contributed by atoms with Crippen LogP contribution in [0.15, 0.2) is 36.5 Å². The highest BCUT2D eigenvalue weighted by Gasteiger charge is 2.19. The number of pyridine rings is 1. The van der Waals surface area contributed by atoms with E-state index in [9.17, 15) is 0 Å². The van der Waals surface area contributed by atoms with E-state index in [0.717, 1.165) is 25.3 Å². The van der Waals surface area contributed by atoms with Crippen LogP contribution in [-0.4, -0.2) is 24.6 Å². The molecule has 3 nitrogen and oxygen atoms in total. The minimum Gasteiger partial charge on any atom is -0.372 e. The summed E-state index contributed by atoms with van der Waals surface area (Å²) in [4.78, 5) is 9.28. The molecule has 2 aromatic rings. The summed E-state index contributed by atoms with van der Waals surface area (Å²) in [6.45, 7) is 4.37. The highest BCUT2D eigenvalue weighted by atomic mass is 35.5. The standard InChI is InChI=1S/C18H20ClN3/c19-16-4-6-18(20-12-16)22-10-7-14-11-17(5-3-15(14)13-22)21-8-1-2-9-21/h3-6,11-12H,1-2,7-10,13H2. The number of fused-ring (bicyclic) bond motifs is 1. The average Bonchev–Trinajstić information content (AvgIpc) is 3.09. The molecule has 0 radical (unpaired) electrons. The Labute approximate surface area is 136 Å². The second-order valence-corrected chi connectivity index (χ2v) is 6.59. The molecular formula is C18H20ClN3. The van der Waals surface area contributed by atoms with Gasteiger partial charge in [0.2, 0.25) is 0 Å². The molecule has 1 saturated heterocycles. The lowest BCUT2D eigenvalue weighted by Crippen LogP contribution is -2.31. The molecule has 1 aromatic heterocycles. The minimum absolute atomic E-state index is 0.691. The van der Waals surface area contributed by atoms with Crippen LogP contribution in [0.25, 0.3) is 0 Å². The Morgan fingerprint density at radius 2 is 1.77 bits per heavy atom. The fourth-order valence-electron chi connectivity index (χ4n) is 3.46. The van der Waals surface area contributed by atoms with Gasteiger partial charge in [0.15, 0.2) is 0 Å². The maximum absolute atomic E-state index is 5.93. The largest absolute Gasteiger partial charge is 0.372 e. The lowest BCUT2D eigenvalue weighted by Gasteiger charge is -2.31. The predicted molar refractivity (Wildman–Crippen MR) is 91.9 cm³/mol. The van der Waals surface area contributed by atoms with Crippen LogP contribution in [0.3, 0.4) is 0 Å². The van der Waals surface area contributed by atoms with Gasteiger partial charge in [0.1, 0.15) is 5.82 Å². The number of rotatable bonds is 2. The summed E-state index contributed by atoms with van der Waals surface area (Å²) < 4.78 is 0. The first-order valence-corrected chi connectivity index (χ1v) is 8.41. The van der Waals surface area contributed by atoms with Crippen molar-refractivity contribution in [2.24, 2.45) is 0 Å². The highest BCUT2D eigenvalue weighted by molar-refractivity contribution is 6.30. The molecule has 0 bridgehead atoms. The number of aromatic nitrogens is 1. The van der Waals surface area contributed by atoms with E-state index in [1.165, 1.54) is 42.7 Å². The number of benzene rings is 1. The van der Waals surface area contributed by atoms with Gasteiger partial charge in [-0.2, -0.15) is 0 Å². The van der Waals surface area contributed by atoms with Gasteiger partial charge in [-0.15, -0.1) is 0 Å². The second kappa shape index (κ2) is 5.81. The topological polar surface area (TPSA) is 19.4 Å². The van der Waals surface area contributed by atoms with Crippen molar-refractivity contribution in [3.63, 3.8) is 0 Å². The molecule has 0 amide bonds. The van der Waals surface area contributed by atoms with Crippen LogP contribution in [0.5, 0.6) is 0 Å². The molecule has 1 aromatic carbocycles. The Morgan fingerprint density at radius 3 is 2.55 bits per heavy atom. The van der Waals surface area contributed by atoms with Gasteiger partial charge in [-0.05, 0) is 54.7 Å². The molecule has 0 spiro atoms. The molecule has 2 aliphatic rings. The SMILES string of the molecule is Clc1ccc(N2CCc3cc(N4CCCC4)ccc3C2)nc1. The summed E-state index contributed by atoms with van der Waals surface area (Å²) in [5, 5.41) is 0.691. The molecule has 0 saturated carbocycles. The van der Waals surface area contributed by atoms with E-state index in [2.05, 4.69) is 33.0 Å². The van der Waals surface area contributed by atoms with Gasteiger partial charge in [0.25, 0.3) is 0 Å². The van der Waals surface area contributed by atoms with Crippen LogP contribution in [0.2, 0.25) is 5.02 Å². The van der Waals surface area contributed by atoms with Crippen molar-refractivity contribution in [1.29, 1.82) is 0 Å². The summed E-state index contributed by atoms with van der Waals surface area (Å²) in [5.74, 6) is 1.01. The van der Waals surface area contributed by atoms with E-state index in [-0.39, 0.29) is 0 Å². The van der Waals surface area contributed by atoms with Crippen molar-refractivity contribution < 1.29 is 0 Å². The van der Waals surface area contributed by atoms with Crippen LogP contribution in [-0.2, 0) is 13.0 Å². The molecule has 4 rings (SSSR count). The smallest absolute Gasteiger partial charge is 0.128 e. The first-order chi connectivity index (χ1) is 10.8. The van der Waals surface area contributed by atoms with Gasteiger partial charge in [0, 0.05) is 38.1 Å². The first kappa shape index (κ1) is 13.9. The Kier molecular flexibility index (Phi) is 3.67. The van der Waals surface area contributed by atoms with Gasteiger partial charge in [-0.3, -0.25) is 0 Å². The maximum atomic E-state index is 5.93. The van der Waals surface area contributed by atoms with E-state index in [1.807, 2.05) is 12.1 Å². The zero-order chi connectivity index (χ0) is 14.9. The zero-order valence-electron chi connectivity index (χ0n) is 12.6. The molecule has 1 fully saturated rings. The van der Waals surface area contributed by atoms with Gasteiger partial charge >= 0.3 is 0 Å². The van der Waals surface area contributed by atoms with Crippen molar-refractivity contribution in [2.75, 3.05) is 29.4 Å². The van der Waals surface area contributed by atoms with Crippen LogP contribution in [0.1, 0.15) is 24.0 Å². The van der Waals surface area contributed by atoms with Crippen LogP contribution in [0.4, 0.5) is 11.5 Å². The molecular weight excluding hydrogens is 294 g/mol. The zero-order valence-corrected chi connectivity index (χ0v) is 13.4. The van der Waals surface area contributed by atoms with Crippen LogP contribution in [0, 0.1) is 0 Å². The monoisotopic (exact) mass is 313 g/mol. The Balaban J connectivity index is 1.55. The molecule has 0 N–H and O–H groups in total. The number of anilines is 2. The first-order valence-electron chi connectivity index (χ1n) is 8.03. The van der Waals surface area contributed by atoms with Gasteiger partial charge in [-0.25, -0.2) is 4.98 Å². The van der Waals surface area contributed by atoms with Crippen molar-refractivity contribution in [3.8, 4) is 0 Å². The summed E-state index contributed by atoms with van der Waals surface area (Å²) in [6, 6.07) is 10.9. The molecule has 3 heterocycles. The third-order valence-electron chi connectivity index (χ3n) is 4.71. The number of nitrogens with zero attached hydrogens (tertiary/aromatic N) is 3. The quantitative estimate of drug-likeness (QED) is 0.838. The van der Waals surface area contributed by atoms with Crippen LogP contribution >= 0.6 is 11.6 Å². The van der Waals surface area contributed by atoms with E-state index in [1.54, 1.807) is 6.20 Å². The lowest BCUT2D eigenvalue weighted by molar-refractivity contribution is 0.720. The van der Waals surface area contributed by atoms with Crippen LogP contribution < -0.4 is 9.80 Å². The van der Waals surface area contributed by atoms with E-state index in [4.69, 9.17) is 11.6 Å². The van der Waals surface area contributed by atoms with Crippen molar-refractivity contribution in [3.05, 3.63) is 52.7 Å². The number of hydrogen-bond acceptors (Lipinski definition) is 3. The Morgan fingerprint density at radius 1 is 0.909 bits per heavy atom. The number of halogens is 1. The third-order valence-corrected chi connectivity index (χ3v) is 4.93. The number of hydrogen-bond donors (Lipinski definition) is 0. The fourth-order valence-corrected chi connectivity index (χ4v) is 3.57. The molecule has 2 aliphatic heterocycles. The van der Waals surface area contributed by atoms with E-state index < -0.39 is 0 Å². The molecule has 0 atom stereocenters. The molecule has 0 unspecified atom stereocenters. The minimum atomic E-state index is 0.691. The van der Waals surface area contributed by atoms with Gasteiger partial charge < -0.3 is 9.80 Å². The molecule has 4 heteroatoms. The highest BCUT2D eigenvalue weighted by Crippen LogP contribution is 2.28. The molecule has 114 valence electrons. The summed E-state index contributed by atoms with van der Waals surface area (Å²) in [6.07, 6.45) is 5.46. The van der Waals surface area contributed by atoms with E-state index in [0.29, 0.717) is 5.02 Å². The van der Waals surface area contributed by atoms with Crippen molar-refractivity contribution in [1.82, 2.24) is 4.98 Å². The average molecular weight is 314 g/mol. The molecule has 22 heavy (non-hydrogen) atoms. The third kappa shape index (κ3) is 2.66. The predicted octanol–water partition coefficient (Wildman–Crippen LogP) is 3.90. The maximum Gasteiger partial charge on any atom is 0.128 e. The molecule has 0 aliphatic carbocycles. The lowest BCUT2D eigenvalue weighted by atomic mass is 9.98. The normalized spacial score (nSPS) is 17.7. The fraction of sp³-hybridized carbons (Fsp3) is 0.389. The Bertz CT molecular complexity index is 663. The van der Waals surface area contributed by atoms with Crippen molar-refractivity contribution in [2.45, 2.75) is 25.8 Å².